The fourth-order valence-corrected chi connectivity index (χ4v) is 0. The van der Waals surface area contributed by atoms with Crippen molar-refractivity contribution in [2.24, 2.45) is 0 Å². The third-order valence-corrected chi connectivity index (χ3v) is 0. The molecule has 6 nitrogen and oxygen atoms in total. The Morgan fingerprint density at radius 1 is 1.20 bits per heavy atom. The number of hydrogen-bond donors (Lipinski definition) is 5. The zero-order valence-electron chi connectivity index (χ0n) is 8.43. The van der Waals surface area contributed by atoms with E-state index in [0.29, 0.717) is 0 Å². The summed E-state index contributed by atoms with van der Waals surface area (Å²) in [5, 5.41) is 21.5. The summed E-state index contributed by atoms with van der Waals surface area (Å²) in [5.41, 5.74) is 0. The van der Waals surface area contributed by atoms with Gasteiger partial charge in [-0.2, -0.15) is 0 Å². The molecule has 0 aliphatic heterocycles. The molecule has 0 saturated carbocycles. The molecule has 10 heavy (non-hydrogen) atoms. The van der Waals surface area contributed by atoms with Crippen LogP contribution in [0.15, 0.2) is 0 Å². The maximum atomic E-state index is 8.74. The van der Waals surface area contributed by atoms with Crippen molar-refractivity contribution in [3.8, 4) is 0 Å². The summed E-state index contributed by atoms with van der Waals surface area (Å²) in [5.74, 6) is 0. The van der Waals surface area contributed by atoms with E-state index in [1.54, 1.807) is 0 Å². The van der Waals surface area contributed by atoms with Crippen LogP contribution in [-0.4, -0.2) is 90.0 Å². The molecule has 0 unspecified atom stereocenters. The average Bonchev–Trinajstić information content (AvgIpc) is 1.25. The quantitative estimate of drug-likeness (QED) is 0.283. The van der Waals surface area contributed by atoms with E-state index in [-0.39, 0.29) is 72.0 Å². The van der Waals surface area contributed by atoms with Crippen molar-refractivity contribution < 1.29 is 52.3 Å². The summed E-state index contributed by atoms with van der Waals surface area (Å²) < 4.78 is 8.74. The fourth-order valence-electron chi connectivity index (χ4n) is 0. The van der Waals surface area contributed by atoms with Crippen LogP contribution in [0.3, 0.4) is 0 Å². The van der Waals surface area contributed by atoms with Gasteiger partial charge in [-0.3, -0.25) is 4.46 Å². The normalized spacial score (nSPS) is 5.10. The second-order valence-corrected chi connectivity index (χ2v) is 1.19. The molecule has 0 fully saturated rings. The number of hydrogen-bond acceptors (Lipinski definition) is 4. The van der Waals surface area contributed by atoms with Crippen LogP contribution in [0, 0.1) is 0 Å². The van der Waals surface area contributed by atoms with Crippen molar-refractivity contribution in [2.45, 2.75) is 0 Å². The van der Waals surface area contributed by atoms with Crippen LogP contribution in [-0.2, 0) is 4.46 Å². The van der Waals surface area contributed by atoms with E-state index in [4.69, 9.17) is 29.1 Å². The molecule has 0 saturated heterocycles. The standard InChI is InChI=1S/BH3O3.Ba.Li.H2O3Si.3H/c2-1(3)4;;;1-4(2)3;;;/h2-4H;;;1-2H;;;/q;+2;+1;;3*-1. The fraction of sp³-hybridized carbons (Fsp3) is 0. The van der Waals surface area contributed by atoms with Crippen LogP contribution < -0.4 is 18.9 Å². The van der Waals surface area contributed by atoms with Gasteiger partial charge in [-0.15, -0.1) is 0 Å². The Balaban J connectivity index is -0.00000000800. The zero-order valence-corrected chi connectivity index (χ0v) is 10.9. The summed E-state index contributed by atoms with van der Waals surface area (Å²) in [6.07, 6.45) is 0. The van der Waals surface area contributed by atoms with Crippen LogP contribution in [0.2, 0.25) is 0 Å². The SMILES string of the molecule is O=[Si](O)O.OB(O)O.[Ba+2].[H-].[H-].[H-].[Li+]. The molecule has 0 aromatic carbocycles. The van der Waals surface area contributed by atoms with Crippen molar-refractivity contribution in [1.82, 2.24) is 0 Å². The van der Waals surface area contributed by atoms with E-state index in [9.17, 15) is 0 Å². The van der Waals surface area contributed by atoms with Gasteiger partial charge in [0.15, 0.2) is 0 Å². The van der Waals surface area contributed by atoms with Crippen LogP contribution in [0.1, 0.15) is 4.28 Å². The monoisotopic (exact) mass is 288 g/mol. The largest absolute Gasteiger partial charge is 2.00 e. The summed E-state index contributed by atoms with van der Waals surface area (Å²) in [6, 6.07) is 0. The van der Waals surface area contributed by atoms with Crippen LogP contribution in [0.4, 0.5) is 0 Å². The third-order valence-electron chi connectivity index (χ3n) is 0. The molecule has 0 spiro atoms. The van der Waals surface area contributed by atoms with Gasteiger partial charge in [0, 0.05) is 0 Å². The molecule has 0 atom stereocenters. The molecule has 0 aliphatic rings. The van der Waals surface area contributed by atoms with Gasteiger partial charge >= 0.3 is 84.2 Å². The first kappa shape index (κ1) is 22.6. The molecule has 10 heteroatoms. The van der Waals surface area contributed by atoms with Gasteiger partial charge in [-0.05, 0) is 0 Å². The Morgan fingerprint density at radius 2 is 1.20 bits per heavy atom. The van der Waals surface area contributed by atoms with E-state index in [2.05, 4.69) is 0 Å². The topological polar surface area (TPSA) is 118 Å². The van der Waals surface area contributed by atoms with Crippen molar-refractivity contribution in [1.29, 1.82) is 0 Å². The molecule has 0 rings (SSSR count). The molecular formula is H8BBaLiO6Si. The molecule has 0 radical (unpaired) electrons. The zero-order chi connectivity index (χ0) is 7.15. The number of rotatable bonds is 0. The second kappa shape index (κ2) is 17.0. The second-order valence-electron chi connectivity index (χ2n) is 0.629. The van der Waals surface area contributed by atoms with Crippen LogP contribution >= 0.6 is 0 Å². The van der Waals surface area contributed by atoms with Gasteiger partial charge in [-0.1, -0.05) is 0 Å². The van der Waals surface area contributed by atoms with Gasteiger partial charge in [0.25, 0.3) is 0 Å². The van der Waals surface area contributed by atoms with Gasteiger partial charge in [0.05, 0.1) is 0 Å². The van der Waals surface area contributed by atoms with Crippen molar-refractivity contribution in [3.05, 3.63) is 0 Å². The van der Waals surface area contributed by atoms with Crippen molar-refractivity contribution in [2.75, 3.05) is 0 Å². The Bertz CT molecular complexity index is 72.1. The maximum Gasteiger partial charge on any atom is 2.00 e. The average molecular weight is 287 g/mol. The first-order chi connectivity index (χ1) is 3.46. The molecule has 0 aromatic heterocycles. The Hall–Kier alpha value is 1.73. The maximum absolute atomic E-state index is 8.74. The minimum atomic E-state index is -3.13. The van der Waals surface area contributed by atoms with E-state index in [1.165, 1.54) is 0 Å². The van der Waals surface area contributed by atoms with Crippen LogP contribution in [0.5, 0.6) is 0 Å². The van der Waals surface area contributed by atoms with E-state index in [0.717, 1.165) is 0 Å². The minimum Gasteiger partial charge on any atom is -1.00 e. The summed E-state index contributed by atoms with van der Waals surface area (Å²) in [4.78, 5) is 14.3. The van der Waals surface area contributed by atoms with Crippen LogP contribution in [0.25, 0.3) is 0 Å². The molecule has 0 amide bonds. The molecule has 0 heterocycles. The van der Waals surface area contributed by atoms with Crippen molar-refractivity contribution in [3.63, 3.8) is 0 Å². The van der Waals surface area contributed by atoms with Crippen molar-refractivity contribution >= 4 is 65.4 Å². The predicted molar refractivity (Wildman–Crippen MR) is 32.4 cm³/mol. The first-order valence-corrected chi connectivity index (χ1v) is 2.73. The predicted octanol–water partition coefficient (Wildman–Crippen LogP) is -6.70. The van der Waals surface area contributed by atoms with Gasteiger partial charge in [0.2, 0.25) is 0 Å². The smallest absolute Gasteiger partial charge is 1.00 e. The summed E-state index contributed by atoms with van der Waals surface area (Å²) in [6.45, 7) is 0. The summed E-state index contributed by atoms with van der Waals surface area (Å²) in [7, 11) is -5.30. The molecule has 5 N–H and O–H groups in total. The molecule has 0 aliphatic carbocycles. The Morgan fingerprint density at radius 3 is 1.20 bits per heavy atom. The first-order valence-electron chi connectivity index (χ1n) is 1.43. The minimum absolute atomic E-state index is 0. The van der Waals surface area contributed by atoms with Gasteiger partial charge in [0.1, 0.15) is 0 Å². The van der Waals surface area contributed by atoms with E-state index in [1.807, 2.05) is 0 Å². The molecule has 54 valence electrons. The Labute approximate surface area is 116 Å². The van der Waals surface area contributed by atoms with E-state index >= 15 is 0 Å². The molecular weight excluding hydrogens is 279 g/mol. The molecule has 0 bridgehead atoms. The summed E-state index contributed by atoms with van der Waals surface area (Å²) >= 11 is 0. The van der Waals surface area contributed by atoms with Gasteiger partial charge in [-0.25, -0.2) is 0 Å². The van der Waals surface area contributed by atoms with Gasteiger partial charge < -0.3 is 28.9 Å². The van der Waals surface area contributed by atoms with E-state index < -0.39 is 16.5 Å². The Kier molecular flexibility index (Phi) is 38.4. The molecule has 0 aromatic rings. The third kappa shape index (κ3) is 248.